The highest BCUT2D eigenvalue weighted by atomic mass is 19.3. The lowest BCUT2D eigenvalue weighted by molar-refractivity contribution is -0.0197. The molecule has 0 bridgehead atoms. The van der Waals surface area contributed by atoms with Crippen molar-refractivity contribution in [2.75, 3.05) is 18.0 Å². The molecular formula is C27H26F2N6O2. The summed E-state index contributed by atoms with van der Waals surface area (Å²) in [4.78, 5) is 31.1. The number of benzene rings is 1. The van der Waals surface area contributed by atoms with Gasteiger partial charge >= 0.3 is 0 Å². The normalized spacial score (nSPS) is 26.4. The number of rotatable bonds is 4. The fourth-order valence-corrected chi connectivity index (χ4v) is 6.60. The second kappa shape index (κ2) is 7.84. The van der Waals surface area contributed by atoms with Gasteiger partial charge < -0.3 is 10.2 Å². The van der Waals surface area contributed by atoms with Crippen LogP contribution in [0.2, 0.25) is 0 Å². The molecule has 1 spiro atoms. The minimum atomic E-state index is -2.67. The molecule has 4 heterocycles. The lowest BCUT2D eigenvalue weighted by atomic mass is 9.49. The number of halogens is 2. The largest absolute Gasteiger partial charge is 0.365 e. The number of carbonyl (C=O) groups excluding carboxylic acids is 1. The zero-order valence-corrected chi connectivity index (χ0v) is 20.1. The van der Waals surface area contributed by atoms with E-state index in [0.717, 1.165) is 36.8 Å². The number of H-pyrrole nitrogens is 1. The Bertz CT molecular complexity index is 1600. The van der Waals surface area contributed by atoms with Crippen molar-refractivity contribution in [3.63, 3.8) is 0 Å². The molecule has 8 nitrogen and oxygen atoms in total. The van der Waals surface area contributed by atoms with Gasteiger partial charge in [-0.3, -0.25) is 14.0 Å². The van der Waals surface area contributed by atoms with E-state index in [-0.39, 0.29) is 35.9 Å². The molecule has 3 fully saturated rings. The summed E-state index contributed by atoms with van der Waals surface area (Å²) in [7, 11) is 0. The summed E-state index contributed by atoms with van der Waals surface area (Å²) in [6.45, 7) is 0.00597. The molecule has 0 unspecified atom stereocenters. The molecule has 0 atom stereocenters. The topological polar surface area (TPSA) is 95.4 Å². The molecule has 10 heteroatoms. The average molecular weight is 505 g/mol. The number of amides is 1. The summed E-state index contributed by atoms with van der Waals surface area (Å²) in [6, 6.07) is 11.2. The molecule has 1 amide bonds. The Balaban J connectivity index is 0.989. The van der Waals surface area contributed by atoms with Crippen molar-refractivity contribution in [3.05, 3.63) is 70.5 Å². The van der Waals surface area contributed by atoms with E-state index in [1.807, 2.05) is 24.3 Å². The zero-order valence-electron chi connectivity index (χ0n) is 20.1. The van der Waals surface area contributed by atoms with E-state index in [1.165, 1.54) is 6.20 Å². The monoisotopic (exact) mass is 504 g/mol. The molecule has 1 aromatic carbocycles. The Hall–Kier alpha value is -3.82. The third-order valence-corrected chi connectivity index (χ3v) is 8.43. The molecule has 3 aromatic heterocycles. The van der Waals surface area contributed by atoms with Crippen LogP contribution in [0.4, 0.5) is 14.5 Å². The predicted octanol–water partition coefficient (Wildman–Crippen LogP) is 3.87. The molecule has 1 aliphatic heterocycles. The summed E-state index contributed by atoms with van der Waals surface area (Å²) >= 11 is 0. The van der Waals surface area contributed by atoms with Crippen molar-refractivity contribution in [1.29, 1.82) is 0 Å². The van der Waals surface area contributed by atoms with Gasteiger partial charge in [-0.1, -0.05) is 18.2 Å². The molecular weight excluding hydrogens is 478 g/mol. The number of imidazole rings is 1. The number of aromatic nitrogens is 4. The maximum absolute atomic E-state index is 13.6. The number of anilines is 1. The highest BCUT2D eigenvalue weighted by molar-refractivity contribution is 5.93. The van der Waals surface area contributed by atoms with E-state index < -0.39 is 5.92 Å². The number of fused-ring (bicyclic) bond motifs is 2. The Morgan fingerprint density at radius 3 is 2.65 bits per heavy atom. The zero-order chi connectivity index (χ0) is 25.4. The maximum Gasteiger partial charge on any atom is 0.272 e. The Morgan fingerprint density at radius 2 is 1.89 bits per heavy atom. The van der Waals surface area contributed by atoms with Crippen molar-refractivity contribution in [2.24, 2.45) is 5.41 Å². The highest BCUT2D eigenvalue weighted by Gasteiger charge is 2.54. The Labute approximate surface area is 210 Å². The number of hydrogen-bond acceptors (Lipinski definition) is 5. The number of nitrogens with one attached hydrogen (secondary N) is 2. The van der Waals surface area contributed by atoms with Gasteiger partial charge in [0.1, 0.15) is 11.3 Å². The van der Waals surface area contributed by atoms with Gasteiger partial charge in [0, 0.05) is 48.3 Å². The predicted molar refractivity (Wildman–Crippen MR) is 134 cm³/mol. The van der Waals surface area contributed by atoms with E-state index in [9.17, 15) is 18.4 Å². The third kappa shape index (κ3) is 3.69. The van der Waals surface area contributed by atoms with Crippen molar-refractivity contribution in [3.8, 4) is 0 Å². The van der Waals surface area contributed by atoms with E-state index >= 15 is 0 Å². The van der Waals surface area contributed by atoms with Gasteiger partial charge in [0.25, 0.3) is 17.4 Å². The van der Waals surface area contributed by atoms with E-state index in [2.05, 4.69) is 20.5 Å². The van der Waals surface area contributed by atoms with Crippen molar-refractivity contribution in [1.82, 2.24) is 24.9 Å². The quantitative estimate of drug-likeness (QED) is 0.440. The second-order valence-corrected chi connectivity index (χ2v) is 11.0. The van der Waals surface area contributed by atoms with Crippen LogP contribution in [0.1, 0.15) is 54.2 Å². The minimum absolute atomic E-state index is 0.102. The lowest BCUT2D eigenvalue weighted by Crippen LogP contribution is -2.55. The van der Waals surface area contributed by atoms with Crippen LogP contribution in [0.25, 0.3) is 16.4 Å². The Kier molecular flexibility index (Phi) is 4.74. The first-order valence-corrected chi connectivity index (χ1v) is 12.7. The molecule has 2 N–H and O–H groups in total. The van der Waals surface area contributed by atoms with Crippen LogP contribution in [-0.2, 0) is 0 Å². The minimum Gasteiger partial charge on any atom is -0.365 e. The highest BCUT2D eigenvalue weighted by Crippen LogP contribution is 2.62. The SMILES string of the molecule is O=C(NC1CC2(C1)CC(c1n[nH]c(=O)c3ccccc13)C2)c1cnc2cc(N3CCC(F)(F)C3)ccn12. The number of pyridine rings is 1. The molecule has 37 heavy (non-hydrogen) atoms. The van der Waals surface area contributed by atoms with Gasteiger partial charge in [0.2, 0.25) is 0 Å². The molecule has 1 saturated heterocycles. The van der Waals surface area contributed by atoms with E-state index in [4.69, 9.17) is 0 Å². The van der Waals surface area contributed by atoms with Crippen LogP contribution in [-0.4, -0.2) is 50.5 Å². The van der Waals surface area contributed by atoms with Crippen molar-refractivity contribution < 1.29 is 13.6 Å². The molecule has 2 aliphatic carbocycles. The van der Waals surface area contributed by atoms with Crippen LogP contribution in [0.3, 0.4) is 0 Å². The average Bonchev–Trinajstić information content (AvgIpc) is 3.43. The fourth-order valence-electron chi connectivity index (χ4n) is 6.60. The summed E-state index contributed by atoms with van der Waals surface area (Å²) in [5.41, 5.74) is 2.69. The van der Waals surface area contributed by atoms with Crippen molar-refractivity contribution in [2.45, 2.75) is 50.0 Å². The third-order valence-electron chi connectivity index (χ3n) is 8.43. The van der Waals surface area contributed by atoms with Crippen LogP contribution in [0.15, 0.2) is 53.6 Å². The van der Waals surface area contributed by atoms with Gasteiger partial charge in [-0.25, -0.2) is 18.9 Å². The van der Waals surface area contributed by atoms with Gasteiger partial charge in [0.05, 0.1) is 23.8 Å². The van der Waals surface area contributed by atoms with Gasteiger partial charge in [-0.05, 0) is 43.2 Å². The van der Waals surface area contributed by atoms with Gasteiger partial charge in [-0.2, -0.15) is 5.10 Å². The number of alkyl halides is 2. The second-order valence-electron chi connectivity index (χ2n) is 11.0. The standard InChI is InChI=1S/C27H26F2N6O2/c28-27(29)6-8-34(15-27)18-5-7-35-21(14-30-22(35)9-18)25(37)31-17-12-26(13-17)10-16(11-26)23-19-3-1-2-4-20(19)24(36)33-32-23/h1-5,7,9,14,16-17H,6,8,10-13,15H2,(H,31,37)(H,33,36). The van der Waals surface area contributed by atoms with Crippen molar-refractivity contribution >= 4 is 28.0 Å². The lowest BCUT2D eigenvalue weighted by Gasteiger charge is -2.57. The number of nitrogens with zero attached hydrogens (tertiary/aromatic N) is 4. The van der Waals surface area contributed by atoms with Crippen LogP contribution < -0.4 is 15.8 Å². The molecule has 190 valence electrons. The maximum atomic E-state index is 13.6. The van der Waals surface area contributed by atoms with Crippen LogP contribution >= 0.6 is 0 Å². The van der Waals surface area contributed by atoms with Gasteiger partial charge in [-0.15, -0.1) is 0 Å². The number of hydrogen-bond donors (Lipinski definition) is 2. The first-order valence-electron chi connectivity index (χ1n) is 12.7. The van der Waals surface area contributed by atoms with E-state index in [1.54, 1.807) is 27.6 Å². The summed E-state index contributed by atoms with van der Waals surface area (Å²) in [5, 5.41) is 11.7. The van der Waals surface area contributed by atoms with Gasteiger partial charge in [0.15, 0.2) is 0 Å². The first-order chi connectivity index (χ1) is 17.8. The van der Waals surface area contributed by atoms with Crippen LogP contribution in [0.5, 0.6) is 0 Å². The molecule has 4 aromatic rings. The molecule has 3 aliphatic rings. The Morgan fingerprint density at radius 1 is 1.11 bits per heavy atom. The molecule has 7 rings (SSSR count). The molecule has 2 saturated carbocycles. The summed E-state index contributed by atoms with van der Waals surface area (Å²) in [5.74, 6) is -2.55. The number of carbonyl (C=O) groups is 1. The fraction of sp³-hybridized carbons (Fsp3) is 0.407. The smallest absolute Gasteiger partial charge is 0.272 e. The first kappa shape index (κ1) is 22.4. The van der Waals surface area contributed by atoms with E-state index in [0.29, 0.717) is 34.9 Å². The van der Waals surface area contributed by atoms with Crippen LogP contribution in [0, 0.1) is 5.41 Å². The summed E-state index contributed by atoms with van der Waals surface area (Å²) in [6.07, 6.45) is 6.94. The molecule has 0 radical (unpaired) electrons. The number of aromatic amines is 1. The summed E-state index contributed by atoms with van der Waals surface area (Å²) < 4.78 is 28.9.